The highest BCUT2D eigenvalue weighted by atomic mass is 16.5. The summed E-state index contributed by atoms with van der Waals surface area (Å²) in [4.78, 5) is 22.1. The zero-order valence-electron chi connectivity index (χ0n) is 13.2. The lowest BCUT2D eigenvalue weighted by molar-refractivity contribution is -0.116. The van der Waals surface area contributed by atoms with Gasteiger partial charge in [-0.1, -0.05) is 13.8 Å². The van der Waals surface area contributed by atoms with Gasteiger partial charge in [-0.2, -0.15) is 4.98 Å². The Hall–Kier alpha value is -2.17. The summed E-state index contributed by atoms with van der Waals surface area (Å²) >= 11 is 0. The van der Waals surface area contributed by atoms with Gasteiger partial charge in [-0.3, -0.25) is 4.79 Å². The Kier molecular flexibility index (Phi) is 4.40. The van der Waals surface area contributed by atoms with E-state index >= 15 is 0 Å². The minimum atomic E-state index is -0.0119. The number of carbonyl (C=O) groups excluding carboxylic acids is 1. The number of methoxy groups -OCH3 is 1. The summed E-state index contributed by atoms with van der Waals surface area (Å²) in [6, 6.07) is 3.79. The molecule has 112 valence electrons. The van der Waals surface area contributed by atoms with Crippen molar-refractivity contribution in [2.45, 2.75) is 33.1 Å². The van der Waals surface area contributed by atoms with Crippen LogP contribution in [-0.4, -0.2) is 30.0 Å². The Morgan fingerprint density at radius 3 is 2.71 bits per heavy atom. The molecule has 0 radical (unpaired) electrons. The molecule has 2 heterocycles. The van der Waals surface area contributed by atoms with Crippen molar-refractivity contribution in [3.05, 3.63) is 23.9 Å². The third-order valence-electron chi connectivity index (χ3n) is 3.87. The fraction of sp³-hybridized carbons (Fsp3) is 0.438. The molecule has 0 saturated carbocycles. The second-order valence-corrected chi connectivity index (χ2v) is 5.17. The maximum absolute atomic E-state index is 11.7. The van der Waals surface area contributed by atoms with Crippen molar-refractivity contribution in [1.29, 1.82) is 0 Å². The summed E-state index contributed by atoms with van der Waals surface area (Å²) in [5, 5.41) is 0.968. The molecular formula is C16H21N3O2. The molecule has 2 aromatic rings. The van der Waals surface area contributed by atoms with Crippen molar-refractivity contribution in [2.75, 3.05) is 19.1 Å². The molecule has 0 fully saturated rings. The predicted molar refractivity (Wildman–Crippen MR) is 83.9 cm³/mol. The molecule has 0 aromatic carbocycles. The lowest BCUT2D eigenvalue weighted by Crippen LogP contribution is -2.24. The molecule has 1 unspecified atom stereocenters. The molecule has 1 amide bonds. The topological polar surface area (TPSA) is 55.3 Å². The van der Waals surface area contributed by atoms with Crippen molar-refractivity contribution >= 4 is 22.6 Å². The van der Waals surface area contributed by atoms with Crippen LogP contribution in [0.25, 0.3) is 11.0 Å². The zero-order valence-corrected chi connectivity index (χ0v) is 13.2. The number of pyridine rings is 2. The first-order valence-electron chi connectivity index (χ1n) is 7.07. The van der Waals surface area contributed by atoms with Crippen molar-refractivity contribution in [2.24, 2.45) is 0 Å². The van der Waals surface area contributed by atoms with Crippen molar-refractivity contribution in [3.8, 4) is 5.88 Å². The molecule has 0 spiro atoms. The summed E-state index contributed by atoms with van der Waals surface area (Å²) in [5.41, 5.74) is 2.59. The number of rotatable bonds is 4. The third kappa shape index (κ3) is 2.82. The van der Waals surface area contributed by atoms with Gasteiger partial charge in [0.05, 0.1) is 19.0 Å². The molecule has 0 aliphatic carbocycles. The Labute approximate surface area is 125 Å². The Balaban J connectivity index is 2.73. The molecule has 5 nitrogen and oxygen atoms in total. The van der Waals surface area contributed by atoms with Crippen molar-refractivity contribution < 1.29 is 9.53 Å². The van der Waals surface area contributed by atoms with Crippen molar-refractivity contribution in [3.63, 3.8) is 0 Å². The third-order valence-corrected chi connectivity index (χ3v) is 3.87. The van der Waals surface area contributed by atoms with E-state index < -0.39 is 0 Å². The van der Waals surface area contributed by atoms with Gasteiger partial charge in [-0.25, -0.2) is 4.98 Å². The summed E-state index contributed by atoms with van der Waals surface area (Å²) in [5.74, 6) is 0.836. The smallest absolute Gasteiger partial charge is 0.223 e. The number of aromatic nitrogens is 2. The lowest BCUT2D eigenvalue weighted by Gasteiger charge is -2.23. The van der Waals surface area contributed by atoms with Crippen LogP contribution < -0.4 is 9.64 Å². The number of fused-ring (bicyclic) bond motifs is 1. The van der Waals surface area contributed by atoms with Gasteiger partial charge < -0.3 is 9.64 Å². The predicted octanol–water partition coefficient (Wildman–Crippen LogP) is 3.13. The molecule has 0 bridgehead atoms. The lowest BCUT2D eigenvalue weighted by atomic mass is 9.94. The molecule has 21 heavy (non-hydrogen) atoms. The number of amides is 1. The number of hydrogen-bond donors (Lipinski definition) is 0. The first-order chi connectivity index (χ1) is 9.99. The number of nitrogens with zero attached hydrogens (tertiary/aromatic N) is 3. The maximum Gasteiger partial charge on any atom is 0.223 e. The summed E-state index contributed by atoms with van der Waals surface area (Å²) in [6.45, 7) is 5.83. The first-order valence-corrected chi connectivity index (χ1v) is 7.07. The van der Waals surface area contributed by atoms with E-state index in [2.05, 4.69) is 23.8 Å². The Bertz CT molecular complexity index is 670. The van der Waals surface area contributed by atoms with Gasteiger partial charge in [-0.15, -0.1) is 0 Å². The van der Waals surface area contributed by atoms with Crippen LogP contribution in [0.4, 0.5) is 5.69 Å². The largest absolute Gasteiger partial charge is 0.481 e. The van der Waals surface area contributed by atoms with Gasteiger partial charge in [0.25, 0.3) is 0 Å². The van der Waals surface area contributed by atoms with Crippen LogP contribution in [0.5, 0.6) is 5.88 Å². The number of carbonyl (C=O) groups is 1. The number of ether oxygens (including phenoxy) is 1. The number of hydrogen-bond acceptors (Lipinski definition) is 4. The van der Waals surface area contributed by atoms with Gasteiger partial charge in [-0.05, 0) is 24.0 Å². The van der Waals surface area contributed by atoms with E-state index in [0.29, 0.717) is 17.4 Å². The SMILES string of the molecule is CCC(C)c1c(N(C)C(C)=O)cnc2nc(OC)ccc12. The normalized spacial score (nSPS) is 12.2. The fourth-order valence-electron chi connectivity index (χ4n) is 2.34. The van der Waals surface area contributed by atoms with E-state index in [-0.39, 0.29) is 5.91 Å². The minimum Gasteiger partial charge on any atom is -0.481 e. The quantitative estimate of drug-likeness (QED) is 0.867. The monoisotopic (exact) mass is 287 g/mol. The van der Waals surface area contributed by atoms with E-state index in [9.17, 15) is 4.79 Å². The molecule has 0 saturated heterocycles. The molecular weight excluding hydrogens is 266 g/mol. The Morgan fingerprint density at radius 1 is 1.43 bits per heavy atom. The average Bonchev–Trinajstić information content (AvgIpc) is 2.51. The van der Waals surface area contributed by atoms with Gasteiger partial charge in [0, 0.05) is 25.4 Å². The zero-order chi connectivity index (χ0) is 15.6. The first kappa shape index (κ1) is 15.2. The second kappa shape index (κ2) is 6.08. The molecule has 0 N–H and O–H groups in total. The molecule has 2 aromatic heterocycles. The van der Waals surface area contributed by atoms with Crippen LogP contribution in [-0.2, 0) is 4.79 Å². The summed E-state index contributed by atoms with van der Waals surface area (Å²) in [7, 11) is 3.36. The van der Waals surface area contributed by atoms with Crippen LogP contribution in [0.3, 0.4) is 0 Å². The highest BCUT2D eigenvalue weighted by Gasteiger charge is 2.19. The number of anilines is 1. The molecule has 5 heteroatoms. The average molecular weight is 287 g/mol. The van der Waals surface area contributed by atoms with Gasteiger partial charge in [0.1, 0.15) is 0 Å². The van der Waals surface area contributed by atoms with Gasteiger partial charge >= 0.3 is 0 Å². The van der Waals surface area contributed by atoms with Gasteiger partial charge in [0.15, 0.2) is 5.65 Å². The van der Waals surface area contributed by atoms with Crippen LogP contribution in [0.2, 0.25) is 0 Å². The maximum atomic E-state index is 11.7. The van der Waals surface area contributed by atoms with E-state index in [1.165, 1.54) is 0 Å². The highest BCUT2D eigenvalue weighted by Crippen LogP contribution is 2.34. The second-order valence-electron chi connectivity index (χ2n) is 5.17. The van der Waals surface area contributed by atoms with Crippen LogP contribution in [0.1, 0.15) is 38.7 Å². The van der Waals surface area contributed by atoms with Gasteiger partial charge in [0.2, 0.25) is 11.8 Å². The Morgan fingerprint density at radius 2 is 2.14 bits per heavy atom. The van der Waals surface area contributed by atoms with E-state index in [0.717, 1.165) is 23.1 Å². The van der Waals surface area contributed by atoms with Crippen molar-refractivity contribution in [1.82, 2.24) is 9.97 Å². The summed E-state index contributed by atoms with van der Waals surface area (Å²) in [6.07, 6.45) is 2.70. The van der Waals surface area contributed by atoms with Crippen LogP contribution >= 0.6 is 0 Å². The molecule has 1 atom stereocenters. The molecule has 2 rings (SSSR count). The molecule has 0 aliphatic rings. The standard InChI is InChI=1S/C16H21N3O2/c1-6-10(2)15-12-7-8-14(21-5)18-16(12)17-9-13(15)19(4)11(3)20/h7-10H,6H2,1-5H3. The van der Waals surface area contributed by atoms with Crippen LogP contribution in [0, 0.1) is 0 Å². The van der Waals surface area contributed by atoms with E-state index in [4.69, 9.17) is 4.74 Å². The summed E-state index contributed by atoms with van der Waals surface area (Å²) < 4.78 is 5.15. The highest BCUT2D eigenvalue weighted by molar-refractivity contribution is 5.95. The molecule has 0 aliphatic heterocycles. The van der Waals surface area contributed by atoms with E-state index in [1.807, 2.05) is 12.1 Å². The minimum absolute atomic E-state index is 0.0119. The van der Waals surface area contributed by atoms with Crippen LogP contribution in [0.15, 0.2) is 18.3 Å². The van der Waals surface area contributed by atoms with E-state index in [1.54, 1.807) is 32.2 Å². The fourth-order valence-corrected chi connectivity index (χ4v) is 2.34.